The summed E-state index contributed by atoms with van der Waals surface area (Å²) in [5.41, 5.74) is 0.290. The Hall–Kier alpha value is -0.570. The molecular formula is C17H31NO2. The highest BCUT2D eigenvalue weighted by Gasteiger charge is 2.43. The van der Waals surface area contributed by atoms with Crippen molar-refractivity contribution in [3.05, 3.63) is 0 Å². The summed E-state index contributed by atoms with van der Waals surface area (Å²) in [4.78, 5) is 14.1. The summed E-state index contributed by atoms with van der Waals surface area (Å²) < 4.78 is 0. The molecule has 20 heavy (non-hydrogen) atoms. The monoisotopic (exact) mass is 281 g/mol. The van der Waals surface area contributed by atoms with Gasteiger partial charge in [-0.1, -0.05) is 34.6 Å². The van der Waals surface area contributed by atoms with Crippen LogP contribution in [0.4, 0.5) is 0 Å². The fraction of sp³-hybridized carbons (Fsp3) is 0.941. The number of carboxylic acids is 1. The molecule has 0 amide bonds. The van der Waals surface area contributed by atoms with Gasteiger partial charge in [0.2, 0.25) is 0 Å². The lowest BCUT2D eigenvalue weighted by atomic mass is 9.67. The van der Waals surface area contributed by atoms with Gasteiger partial charge in [0.25, 0.3) is 0 Å². The van der Waals surface area contributed by atoms with Gasteiger partial charge >= 0.3 is 5.97 Å². The number of hydrogen-bond donors (Lipinski definition) is 1. The third-order valence-corrected chi connectivity index (χ3v) is 5.84. The number of hydrogen-bond acceptors (Lipinski definition) is 2. The Labute approximate surface area is 123 Å². The molecule has 5 unspecified atom stereocenters. The Balaban J connectivity index is 2.13. The molecule has 0 radical (unpaired) electrons. The third-order valence-electron chi connectivity index (χ3n) is 5.84. The van der Waals surface area contributed by atoms with E-state index in [9.17, 15) is 9.90 Å². The average Bonchev–Trinajstić information content (AvgIpc) is 2.67. The molecule has 2 fully saturated rings. The lowest BCUT2D eigenvalue weighted by Gasteiger charge is -2.44. The molecule has 2 aliphatic rings. The van der Waals surface area contributed by atoms with E-state index in [1.807, 2.05) is 0 Å². The van der Waals surface area contributed by atoms with Gasteiger partial charge in [-0.05, 0) is 42.4 Å². The molecule has 1 heterocycles. The van der Waals surface area contributed by atoms with Gasteiger partial charge in [0.1, 0.15) is 0 Å². The van der Waals surface area contributed by atoms with Crippen molar-refractivity contribution in [2.75, 3.05) is 13.1 Å². The Morgan fingerprint density at radius 3 is 2.10 bits per heavy atom. The molecule has 1 saturated carbocycles. The molecular weight excluding hydrogens is 250 g/mol. The molecule has 5 atom stereocenters. The number of aliphatic carboxylic acids is 1. The van der Waals surface area contributed by atoms with Gasteiger partial charge in [-0.2, -0.15) is 0 Å². The summed E-state index contributed by atoms with van der Waals surface area (Å²) in [5, 5.41) is 9.56. The molecule has 116 valence electrons. The topological polar surface area (TPSA) is 40.5 Å². The van der Waals surface area contributed by atoms with Crippen molar-refractivity contribution in [1.29, 1.82) is 0 Å². The summed E-state index contributed by atoms with van der Waals surface area (Å²) >= 11 is 0. The van der Waals surface area contributed by atoms with Crippen molar-refractivity contribution in [2.24, 2.45) is 29.1 Å². The summed E-state index contributed by atoms with van der Waals surface area (Å²) in [7, 11) is 0. The molecule has 1 aliphatic carbocycles. The van der Waals surface area contributed by atoms with E-state index in [1.165, 1.54) is 0 Å². The summed E-state index contributed by atoms with van der Waals surface area (Å²) in [5.74, 6) is 1.29. The summed E-state index contributed by atoms with van der Waals surface area (Å²) in [6, 6.07) is 0.248. The van der Waals surface area contributed by atoms with Crippen LogP contribution in [0.15, 0.2) is 0 Å². The first kappa shape index (κ1) is 15.8. The number of carbonyl (C=O) groups is 1. The van der Waals surface area contributed by atoms with Crippen LogP contribution in [0.2, 0.25) is 0 Å². The standard InChI is InChI=1S/C17H31NO2/c1-11-9-18(10-12(11)2)15-8-13(17(3,4)5)6-7-14(15)16(19)20/h11-15H,6-10H2,1-5H3,(H,19,20). The maximum absolute atomic E-state index is 11.6. The quantitative estimate of drug-likeness (QED) is 0.842. The van der Waals surface area contributed by atoms with Crippen molar-refractivity contribution < 1.29 is 9.90 Å². The van der Waals surface area contributed by atoms with E-state index < -0.39 is 5.97 Å². The molecule has 3 nitrogen and oxygen atoms in total. The smallest absolute Gasteiger partial charge is 0.308 e. The van der Waals surface area contributed by atoms with Crippen LogP contribution in [-0.4, -0.2) is 35.1 Å². The highest BCUT2D eigenvalue weighted by molar-refractivity contribution is 5.71. The first-order chi connectivity index (χ1) is 9.20. The van der Waals surface area contributed by atoms with Gasteiger partial charge in [-0.3, -0.25) is 9.69 Å². The first-order valence-electron chi connectivity index (χ1n) is 8.17. The van der Waals surface area contributed by atoms with Crippen LogP contribution in [0, 0.1) is 29.1 Å². The first-order valence-corrected chi connectivity index (χ1v) is 8.17. The van der Waals surface area contributed by atoms with Crippen LogP contribution < -0.4 is 0 Å². The number of rotatable bonds is 2. The fourth-order valence-electron chi connectivity index (χ4n) is 4.07. The molecule has 0 bridgehead atoms. The Morgan fingerprint density at radius 1 is 1.10 bits per heavy atom. The van der Waals surface area contributed by atoms with Gasteiger partial charge in [0, 0.05) is 19.1 Å². The van der Waals surface area contributed by atoms with E-state index in [0.717, 1.165) is 32.4 Å². The van der Waals surface area contributed by atoms with E-state index in [4.69, 9.17) is 0 Å². The van der Waals surface area contributed by atoms with E-state index in [2.05, 4.69) is 39.5 Å². The van der Waals surface area contributed by atoms with Gasteiger partial charge in [-0.25, -0.2) is 0 Å². The molecule has 2 rings (SSSR count). The Morgan fingerprint density at radius 2 is 1.65 bits per heavy atom. The largest absolute Gasteiger partial charge is 0.481 e. The van der Waals surface area contributed by atoms with Crippen molar-refractivity contribution >= 4 is 5.97 Å². The van der Waals surface area contributed by atoms with Crippen molar-refractivity contribution in [2.45, 2.75) is 59.9 Å². The minimum Gasteiger partial charge on any atom is -0.481 e. The second-order valence-electron chi connectivity index (χ2n) is 8.30. The highest BCUT2D eigenvalue weighted by Crippen LogP contribution is 2.43. The van der Waals surface area contributed by atoms with Crippen LogP contribution in [0.5, 0.6) is 0 Å². The molecule has 0 aromatic heterocycles. The molecule has 1 N–H and O–H groups in total. The number of likely N-dealkylation sites (tertiary alicyclic amines) is 1. The zero-order chi connectivity index (χ0) is 15.1. The SMILES string of the molecule is CC1CN(C2CC(C(C)(C)C)CCC2C(=O)O)CC1C. The van der Waals surface area contributed by atoms with Crippen molar-refractivity contribution in [1.82, 2.24) is 4.90 Å². The van der Waals surface area contributed by atoms with Crippen LogP contribution in [0.3, 0.4) is 0 Å². The Bertz CT molecular complexity index is 350. The molecule has 0 aromatic rings. The molecule has 3 heteroatoms. The van der Waals surface area contributed by atoms with E-state index in [0.29, 0.717) is 23.2 Å². The van der Waals surface area contributed by atoms with Crippen LogP contribution in [0.1, 0.15) is 53.9 Å². The maximum atomic E-state index is 11.6. The lowest BCUT2D eigenvalue weighted by Crippen LogP contribution is -2.48. The molecule has 1 saturated heterocycles. The zero-order valence-corrected chi connectivity index (χ0v) is 13.7. The van der Waals surface area contributed by atoms with E-state index in [-0.39, 0.29) is 12.0 Å². The van der Waals surface area contributed by atoms with E-state index >= 15 is 0 Å². The second-order valence-corrected chi connectivity index (χ2v) is 8.30. The van der Waals surface area contributed by atoms with Crippen LogP contribution in [-0.2, 0) is 4.79 Å². The predicted molar refractivity (Wildman–Crippen MR) is 81.6 cm³/mol. The van der Waals surface area contributed by atoms with Crippen LogP contribution in [0.25, 0.3) is 0 Å². The fourth-order valence-corrected chi connectivity index (χ4v) is 4.07. The molecule has 0 aromatic carbocycles. The predicted octanol–water partition coefficient (Wildman–Crippen LogP) is 3.49. The van der Waals surface area contributed by atoms with Gasteiger partial charge in [0.05, 0.1) is 5.92 Å². The second kappa shape index (κ2) is 5.67. The number of carboxylic acid groups (broad SMARTS) is 1. The minimum atomic E-state index is -0.588. The van der Waals surface area contributed by atoms with Crippen LogP contribution >= 0.6 is 0 Å². The zero-order valence-electron chi connectivity index (χ0n) is 13.7. The number of nitrogens with zero attached hydrogens (tertiary/aromatic N) is 1. The molecule has 0 spiro atoms. The summed E-state index contributed by atoms with van der Waals surface area (Å²) in [6.45, 7) is 13.6. The van der Waals surface area contributed by atoms with Gasteiger partial charge < -0.3 is 5.11 Å². The Kier molecular flexibility index (Phi) is 4.48. The van der Waals surface area contributed by atoms with Gasteiger partial charge in [-0.15, -0.1) is 0 Å². The normalized spacial score (nSPS) is 40.0. The van der Waals surface area contributed by atoms with Crippen molar-refractivity contribution in [3.8, 4) is 0 Å². The molecule has 1 aliphatic heterocycles. The van der Waals surface area contributed by atoms with E-state index in [1.54, 1.807) is 0 Å². The summed E-state index contributed by atoms with van der Waals surface area (Å²) in [6.07, 6.45) is 2.97. The van der Waals surface area contributed by atoms with Crippen molar-refractivity contribution in [3.63, 3.8) is 0 Å². The average molecular weight is 281 g/mol. The maximum Gasteiger partial charge on any atom is 0.308 e. The third kappa shape index (κ3) is 3.19. The van der Waals surface area contributed by atoms with Gasteiger partial charge in [0.15, 0.2) is 0 Å². The lowest BCUT2D eigenvalue weighted by molar-refractivity contribution is -0.146. The highest BCUT2D eigenvalue weighted by atomic mass is 16.4. The minimum absolute atomic E-state index is 0.161.